The molecule has 0 rings (SSSR count). The van der Waals surface area contributed by atoms with Crippen molar-refractivity contribution >= 4 is 16.1 Å². The molecule has 0 aromatic rings. The molecule has 0 aromatic carbocycles. The normalized spacial score (nSPS) is 14.0. The fraction of sp³-hybridized carbons (Fsp3) is 0.833. The van der Waals surface area contributed by atoms with E-state index in [1.807, 2.05) is 0 Å². The van der Waals surface area contributed by atoms with Crippen molar-refractivity contribution in [3.8, 4) is 0 Å². The van der Waals surface area contributed by atoms with Crippen LogP contribution in [0.3, 0.4) is 0 Å². The Morgan fingerprint density at radius 3 is 2.46 bits per heavy atom. The van der Waals surface area contributed by atoms with Crippen LogP contribution in [0, 0.1) is 5.92 Å². The van der Waals surface area contributed by atoms with Gasteiger partial charge in [-0.2, -0.15) is 8.42 Å². The van der Waals surface area contributed by atoms with Crippen LogP contribution in [-0.4, -0.2) is 42.9 Å². The minimum Gasteiger partial charge on any atom is -0.481 e. The van der Waals surface area contributed by atoms with E-state index in [-0.39, 0.29) is 13.1 Å². The van der Waals surface area contributed by atoms with Gasteiger partial charge in [0.2, 0.25) is 0 Å². The molecule has 13 heavy (non-hydrogen) atoms. The zero-order valence-electron chi connectivity index (χ0n) is 7.23. The number of carboxylic acids is 1. The molecular formula is C6H13NO5S. The minimum absolute atomic E-state index is 0.0520. The highest BCUT2D eigenvalue weighted by Crippen LogP contribution is 1.90. The summed E-state index contributed by atoms with van der Waals surface area (Å²) in [5.41, 5.74) is 0. The van der Waals surface area contributed by atoms with Crippen LogP contribution in [0.15, 0.2) is 0 Å². The molecule has 78 valence electrons. The maximum Gasteiger partial charge on any atom is 0.307 e. The molecule has 0 radical (unpaired) electrons. The number of nitrogens with one attached hydrogen (secondary N) is 1. The standard InChI is InChI=1S/C6H13NO5S/c1-5(6(8)9)4-7-2-3-13(10,11)12/h5,7H,2-4H2,1H3,(H,8,9)(H,10,11,12). The largest absolute Gasteiger partial charge is 0.481 e. The van der Waals surface area contributed by atoms with Gasteiger partial charge >= 0.3 is 5.97 Å². The van der Waals surface area contributed by atoms with Gasteiger partial charge in [0.25, 0.3) is 10.1 Å². The van der Waals surface area contributed by atoms with Gasteiger partial charge in [-0.15, -0.1) is 0 Å². The number of rotatable bonds is 6. The highest BCUT2D eigenvalue weighted by molar-refractivity contribution is 7.85. The Hall–Kier alpha value is -0.660. The SMILES string of the molecule is CC(CNCCS(=O)(=O)O)C(=O)O. The molecule has 0 aromatic heterocycles. The van der Waals surface area contributed by atoms with Crippen LogP contribution in [0.1, 0.15) is 6.92 Å². The van der Waals surface area contributed by atoms with Gasteiger partial charge < -0.3 is 10.4 Å². The molecule has 0 amide bonds. The molecule has 0 fully saturated rings. The number of hydrogen-bond donors (Lipinski definition) is 3. The Bertz CT molecular complexity index is 260. The third-order valence-electron chi connectivity index (χ3n) is 1.41. The predicted octanol–water partition coefficient (Wildman–Crippen LogP) is -0.815. The van der Waals surface area contributed by atoms with Crippen molar-refractivity contribution in [1.82, 2.24) is 5.32 Å². The van der Waals surface area contributed by atoms with Crippen molar-refractivity contribution in [3.05, 3.63) is 0 Å². The molecule has 0 aliphatic rings. The fourth-order valence-electron chi connectivity index (χ4n) is 0.607. The van der Waals surface area contributed by atoms with Crippen LogP contribution in [0.4, 0.5) is 0 Å². The predicted molar refractivity (Wildman–Crippen MR) is 46.1 cm³/mol. The smallest absolute Gasteiger partial charge is 0.307 e. The van der Waals surface area contributed by atoms with Gasteiger partial charge in [-0.1, -0.05) is 6.92 Å². The van der Waals surface area contributed by atoms with Gasteiger partial charge in [-0.3, -0.25) is 9.35 Å². The lowest BCUT2D eigenvalue weighted by Crippen LogP contribution is -2.30. The van der Waals surface area contributed by atoms with Gasteiger partial charge in [0.15, 0.2) is 0 Å². The van der Waals surface area contributed by atoms with Crippen LogP contribution in [0.2, 0.25) is 0 Å². The third kappa shape index (κ3) is 7.69. The molecule has 0 saturated carbocycles. The Labute approximate surface area is 76.7 Å². The Kier molecular flexibility index (Phi) is 4.89. The third-order valence-corrected chi connectivity index (χ3v) is 2.13. The molecule has 1 unspecified atom stereocenters. The first-order valence-corrected chi connectivity index (χ1v) is 5.32. The number of hydrogen-bond acceptors (Lipinski definition) is 4. The van der Waals surface area contributed by atoms with E-state index >= 15 is 0 Å². The average Bonchev–Trinajstić information content (AvgIpc) is 1.95. The van der Waals surface area contributed by atoms with E-state index in [1.165, 1.54) is 6.92 Å². The monoisotopic (exact) mass is 211 g/mol. The quantitative estimate of drug-likeness (QED) is 0.392. The van der Waals surface area contributed by atoms with Gasteiger partial charge in [0.1, 0.15) is 0 Å². The second-order valence-electron chi connectivity index (χ2n) is 2.73. The minimum atomic E-state index is -3.95. The van der Waals surface area contributed by atoms with E-state index in [9.17, 15) is 13.2 Å². The first-order valence-electron chi connectivity index (χ1n) is 3.71. The topological polar surface area (TPSA) is 104 Å². The number of aliphatic carboxylic acids is 1. The zero-order valence-corrected chi connectivity index (χ0v) is 8.04. The summed E-state index contributed by atoms with van der Waals surface area (Å²) in [7, 11) is -3.95. The van der Waals surface area contributed by atoms with Crippen molar-refractivity contribution in [2.45, 2.75) is 6.92 Å². The van der Waals surface area contributed by atoms with Crippen LogP contribution < -0.4 is 5.32 Å². The molecule has 3 N–H and O–H groups in total. The summed E-state index contributed by atoms with van der Waals surface area (Å²) >= 11 is 0. The van der Waals surface area contributed by atoms with Gasteiger partial charge in [-0.05, 0) is 0 Å². The molecule has 0 heterocycles. The van der Waals surface area contributed by atoms with Crippen molar-refractivity contribution in [3.63, 3.8) is 0 Å². The summed E-state index contributed by atoms with van der Waals surface area (Å²) in [5.74, 6) is -1.92. The lowest BCUT2D eigenvalue weighted by atomic mass is 10.2. The first kappa shape index (κ1) is 12.3. The highest BCUT2D eigenvalue weighted by atomic mass is 32.2. The molecule has 0 spiro atoms. The number of carbonyl (C=O) groups is 1. The molecule has 0 saturated heterocycles. The highest BCUT2D eigenvalue weighted by Gasteiger charge is 2.10. The van der Waals surface area contributed by atoms with Crippen molar-refractivity contribution in [2.24, 2.45) is 5.92 Å². The Morgan fingerprint density at radius 2 is 2.08 bits per heavy atom. The van der Waals surface area contributed by atoms with Crippen molar-refractivity contribution in [1.29, 1.82) is 0 Å². The Balaban J connectivity index is 3.53. The molecule has 1 atom stereocenters. The molecule has 0 aliphatic carbocycles. The second kappa shape index (κ2) is 5.15. The lowest BCUT2D eigenvalue weighted by molar-refractivity contribution is -0.140. The summed E-state index contributed by atoms with van der Waals surface area (Å²) in [6, 6.07) is 0. The summed E-state index contributed by atoms with van der Waals surface area (Å²) < 4.78 is 28.7. The van der Waals surface area contributed by atoms with E-state index in [0.717, 1.165) is 0 Å². The molecule has 6 nitrogen and oxygen atoms in total. The van der Waals surface area contributed by atoms with E-state index in [2.05, 4.69) is 5.32 Å². The number of carboxylic acid groups (broad SMARTS) is 1. The summed E-state index contributed by atoms with van der Waals surface area (Å²) in [4.78, 5) is 10.3. The second-order valence-corrected chi connectivity index (χ2v) is 4.30. The first-order chi connectivity index (χ1) is 5.83. The maximum absolute atomic E-state index is 10.3. The van der Waals surface area contributed by atoms with Gasteiger partial charge in [-0.25, -0.2) is 0 Å². The van der Waals surface area contributed by atoms with E-state index in [0.29, 0.717) is 0 Å². The van der Waals surface area contributed by atoms with Crippen LogP contribution in [-0.2, 0) is 14.9 Å². The van der Waals surface area contributed by atoms with Gasteiger partial charge in [0.05, 0.1) is 11.7 Å². The zero-order chi connectivity index (χ0) is 10.5. The summed E-state index contributed by atoms with van der Waals surface area (Å²) in [6.07, 6.45) is 0. The summed E-state index contributed by atoms with van der Waals surface area (Å²) in [5, 5.41) is 11.0. The van der Waals surface area contributed by atoms with Crippen molar-refractivity contribution < 1.29 is 22.9 Å². The maximum atomic E-state index is 10.3. The summed E-state index contributed by atoms with van der Waals surface area (Å²) in [6.45, 7) is 1.74. The van der Waals surface area contributed by atoms with Crippen LogP contribution >= 0.6 is 0 Å². The fourth-order valence-corrected chi connectivity index (χ4v) is 1.01. The van der Waals surface area contributed by atoms with Crippen molar-refractivity contribution in [2.75, 3.05) is 18.8 Å². The molecule has 0 aliphatic heterocycles. The van der Waals surface area contributed by atoms with E-state index < -0.39 is 27.8 Å². The van der Waals surface area contributed by atoms with E-state index in [4.69, 9.17) is 9.66 Å². The van der Waals surface area contributed by atoms with E-state index in [1.54, 1.807) is 0 Å². The van der Waals surface area contributed by atoms with Crippen LogP contribution in [0.25, 0.3) is 0 Å². The van der Waals surface area contributed by atoms with Crippen LogP contribution in [0.5, 0.6) is 0 Å². The Morgan fingerprint density at radius 1 is 1.54 bits per heavy atom. The van der Waals surface area contributed by atoms with Gasteiger partial charge in [0, 0.05) is 13.1 Å². The average molecular weight is 211 g/mol. The lowest BCUT2D eigenvalue weighted by Gasteiger charge is -2.06. The molecular weight excluding hydrogens is 198 g/mol. The molecule has 7 heteroatoms. The molecule has 0 bridgehead atoms.